The van der Waals surface area contributed by atoms with Crippen molar-refractivity contribution in [3.05, 3.63) is 53.8 Å². The summed E-state index contributed by atoms with van der Waals surface area (Å²) in [5, 5.41) is 11.7. The molecule has 166 valence electrons. The number of aromatic nitrogens is 2. The second-order valence-corrected chi connectivity index (χ2v) is 8.08. The Hall–Kier alpha value is -3.53. The van der Waals surface area contributed by atoms with Crippen molar-refractivity contribution in [2.45, 2.75) is 18.9 Å². The van der Waals surface area contributed by atoms with Crippen LogP contribution in [0, 0.1) is 5.82 Å². The average molecular weight is 456 g/mol. The van der Waals surface area contributed by atoms with Gasteiger partial charge < -0.3 is 14.4 Å². The number of anilines is 1. The van der Waals surface area contributed by atoms with E-state index in [-0.39, 0.29) is 23.2 Å². The Balaban J connectivity index is 1.51. The van der Waals surface area contributed by atoms with Gasteiger partial charge in [0, 0.05) is 12.1 Å². The van der Waals surface area contributed by atoms with E-state index in [4.69, 9.17) is 9.47 Å². The summed E-state index contributed by atoms with van der Waals surface area (Å²) < 4.78 is 23.8. The lowest BCUT2D eigenvalue weighted by Gasteiger charge is -2.25. The zero-order valence-corrected chi connectivity index (χ0v) is 18.3. The molecule has 1 saturated heterocycles. The summed E-state index contributed by atoms with van der Waals surface area (Å²) in [6.45, 7) is 0.440. The molecule has 0 radical (unpaired) electrons. The summed E-state index contributed by atoms with van der Waals surface area (Å²) in [5.74, 6) is -0.251. The van der Waals surface area contributed by atoms with Crippen molar-refractivity contribution >= 4 is 28.3 Å². The van der Waals surface area contributed by atoms with Gasteiger partial charge in [0.25, 0.3) is 5.91 Å². The maximum absolute atomic E-state index is 13.3. The van der Waals surface area contributed by atoms with Gasteiger partial charge in [0.15, 0.2) is 0 Å². The van der Waals surface area contributed by atoms with Gasteiger partial charge in [-0.25, -0.2) is 4.39 Å². The van der Waals surface area contributed by atoms with Crippen LogP contribution in [0.3, 0.4) is 0 Å². The highest BCUT2D eigenvalue weighted by atomic mass is 32.1. The van der Waals surface area contributed by atoms with Crippen LogP contribution in [0.1, 0.15) is 23.2 Å². The van der Waals surface area contributed by atoms with E-state index in [0.29, 0.717) is 46.6 Å². The van der Waals surface area contributed by atoms with Crippen molar-refractivity contribution in [3.63, 3.8) is 0 Å². The number of carbonyl (C=O) groups excluding carboxylic acids is 2. The van der Waals surface area contributed by atoms with E-state index in [1.54, 1.807) is 30.3 Å². The number of halogens is 1. The fourth-order valence-corrected chi connectivity index (χ4v) is 4.41. The molecule has 3 aromatic rings. The van der Waals surface area contributed by atoms with E-state index in [1.165, 1.54) is 42.6 Å². The Bertz CT molecular complexity index is 1110. The van der Waals surface area contributed by atoms with Gasteiger partial charge in [0.2, 0.25) is 11.0 Å². The highest BCUT2D eigenvalue weighted by Gasteiger charge is 2.37. The van der Waals surface area contributed by atoms with Gasteiger partial charge in [-0.15, -0.1) is 10.2 Å². The van der Waals surface area contributed by atoms with Gasteiger partial charge in [-0.1, -0.05) is 17.4 Å². The molecule has 0 saturated carbocycles. The smallest absolute Gasteiger partial charge is 0.262 e. The fourth-order valence-electron chi connectivity index (χ4n) is 3.66. The lowest BCUT2D eigenvalue weighted by Crippen LogP contribution is -2.43. The van der Waals surface area contributed by atoms with Gasteiger partial charge >= 0.3 is 0 Å². The van der Waals surface area contributed by atoms with Crippen LogP contribution in [0.2, 0.25) is 0 Å². The maximum Gasteiger partial charge on any atom is 0.262 e. The Morgan fingerprint density at radius 1 is 1.09 bits per heavy atom. The Kier molecular flexibility index (Phi) is 6.31. The topological polar surface area (TPSA) is 93.7 Å². The van der Waals surface area contributed by atoms with E-state index in [9.17, 15) is 14.0 Å². The molecule has 2 aromatic carbocycles. The largest absolute Gasteiger partial charge is 0.496 e. The van der Waals surface area contributed by atoms with E-state index in [2.05, 4.69) is 15.5 Å². The first kappa shape index (κ1) is 21.7. The third-order valence-electron chi connectivity index (χ3n) is 5.20. The molecule has 0 spiro atoms. The number of benzene rings is 2. The monoisotopic (exact) mass is 456 g/mol. The molecule has 10 heteroatoms. The molecular formula is C22H21FN4O4S. The molecule has 2 amide bonds. The van der Waals surface area contributed by atoms with E-state index in [1.807, 2.05) is 0 Å². The first-order valence-corrected chi connectivity index (χ1v) is 10.8. The molecule has 1 N–H and O–H groups in total. The van der Waals surface area contributed by atoms with Crippen molar-refractivity contribution in [1.82, 2.24) is 15.1 Å². The minimum absolute atomic E-state index is 0.284. The molecule has 1 fully saturated rings. The van der Waals surface area contributed by atoms with Gasteiger partial charge in [-0.2, -0.15) is 0 Å². The predicted molar refractivity (Wildman–Crippen MR) is 118 cm³/mol. The van der Waals surface area contributed by atoms with E-state index >= 15 is 0 Å². The number of nitrogens with one attached hydrogen (secondary N) is 1. The van der Waals surface area contributed by atoms with Gasteiger partial charge in [0.05, 0.1) is 14.2 Å². The first-order chi connectivity index (χ1) is 15.5. The third-order valence-corrected chi connectivity index (χ3v) is 6.09. The van der Waals surface area contributed by atoms with Crippen LogP contribution in [-0.2, 0) is 4.79 Å². The molecule has 0 bridgehead atoms. The molecule has 1 atom stereocenters. The molecular weight excluding hydrogens is 435 g/mol. The highest BCUT2D eigenvalue weighted by molar-refractivity contribution is 7.18. The number of hydrogen-bond donors (Lipinski definition) is 1. The molecule has 8 nitrogen and oxygen atoms in total. The summed E-state index contributed by atoms with van der Waals surface area (Å²) in [7, 11) is 2.96. The van der Waals surface area contributed by atoms with Crippen LogP contribution >= 0.6 is 11.3 Å². The number of nitrogens with zero attached hydrogens (tertiary/aromatic N) is 3. The number of amides is 2. The summed E-state index contributed by atoms with van der Waals surface area (Å²) in [5.41, 5.74) is 0.983. The lowest BCUT2D eigenvalue weighted by atomic mass is 10.1. The number of rotatable bonds is 6. The van der Waals surface area contributed by atoms with Crippen molar-refractivity contribution in [1.29, 1.82) is 0 Å². The normalized spacial score (nSPS) is 15.5. The van der Waals surface area contributed by atoms with Crippen molar-refractivity contribution < 1.29 is 23.5 Å². The number of carbonyl (C=O) groups is 2. The molecule has 2 heterocycles. The third kappa shape index (κ3) is 4.26. The Morgan fingerprint density at radius 3 is 2.44 bits per heavy atom. The standard InChI is InChI=1S/C22H21FN4O4S/c1-30-16-6-3-7-17(31-2)18(16)21(29)27-12-4-5-15(27)19(28)24-22-26-25-20(32-22)13-8-10-14(23)11-9-13/h3,6-11,15H,4-5,12H2,1-2H3,(H,24,26,28). The number of ether oxygens (including phenoxy) is 2. The summed E-state index contributed by atoms with van der Waals surface area (Å²) in [6.07, 6.45) is 1.22. The maximum atomic E-state index is 13.3. The lowest BCUT2D eigenvalue weighted by molar-refractivity contribution is -0.119. The van der Waals surface area contributed by atoms with E-state index in [0.717, 1.165) is 0 Å². The molecule has 32 heavy (non-hydrogen) atoms. The highest BCUT2D eigenvalue weighted by Crippen LogP contribution is 2.33. The summed E-state index contributed by atoms with van der Waals surface area (Å²) in [6, 6.07) is 10.3. The van der Waals surface area contributed by atoms with Gasteiger partial charge in [-0.3, -0.25) is 14.9 Å². The van der Waals surface area contributed by atoms with E-state index < -0.39 is 6.04 Å². The second kappa shape index (κ2) is 9.31. The molecule has 4 rings (SSSR count). The fraction of sp³-hybridized carbons (Fsp3) is 0.273. The average Bonchev–Trinajstić information content (AvgIpc) is 3.48. The number of hydrogen-bond acceptors (Lipinski definition) is 7. The second-order valence-electron chi connectivity index (χ2n) is 7.10. The Labute approximate surface area is 188 Å². The molecule has 0 aliphatic carbocycles. The SMILES string of the molecule is COc1cccc(OC)c1C(=O)N1CCCC1C(=O)Nc1nnc(-c2ccc(F)cc2)s1. The quantitative estimate of drug-likeness (QED) is 0.609. The molecule has 1 aliphatic rings. The van der Waals surface area contributed by atoms with Crippen LogP contribution in [-0.4, -0.2) is 53.7 Å². The Morgan fingerprint density at radius 2 is 1.78 bits per heavy atom. The van der Waals surface area contributed by atoms with Crippen LogP contribution in [0.25, 0.3) is 10.6 Å². The zero-order chi connectivity index (χ0) is 22.7. The van der Waals surface area contributed by atoms with Crippen molar-refractivity contribution in [3.8, 4) is 22.1 Å². The van der Waals surface area contributed by atoms with Crippen LogP contribution < -0.4 is 14.8 Å². The summed E-state index contributed by atoms with van der Waals surface area (Å²) >= 11 is 1.18. The van der Waals surface area contributed by atoms with Crippen molar-refractivity contribution in [2.75, 3.05) is 26.1 Å². The van der Waals surface area contributed by atoms with Gasteiger partial charge in [-0.05, 0) is 49.2 Å². The van der Waals surface area contributed by atoms with Gasteiger partial charge in [0.1, 0.15) is 33.9 Å². The van der Waals surface area contributed by atoms with Crippen molar-refractivity contribution in [2.24, 2.45) is 0 Å². The van der Waals surface area contributed by atoms with Crippen LogP contribution in [0.15, 0.2) is 42.5 Å². The van der Waals surface area contributed by atoms with Crippen LogP contribution in [0.5, 0.6) is 11.5 Å². The summed E-state index contributed by atoms with van der Waals surface area (Å²) in [4.78, 5) is 27.8. The first-order valence-electron chi connectivity index (χ1n) is 9.94. The zero-order valence-electron chi connectivity index (χ0n) is 17.5. The molecule has 1 aromatic heterocycles. The minimum atomic E-state index is -0.657. The molecule has 1 aliphatic heterocycles. The minimum Gasteiger partial charge on any atom is -0.496 e. The number of likely N-dealkylation sites (tertiary alicyclic amines) is 1. The van der Waals surface area contributed by atoms with Crippen LogP contribution in [0.4, 0.5) is 9.52 Å². The predicted octanol–water partition coefficient (Wildman–Crippen LogP) is 3.60. The number of methoxy groups -OCH3 is 2. The molecule has 1 unspecified atom stereocenters.